The molecule has 2 aromatic heterocycles. The first kappa shape index (κ1) is 21.8. The number of ether oxygens (including phenoxy) is 1. The number of carbonyl (C=O) groups excluding carboxylic acids is 1. The Morgan fingerprint density at radius 3 is 2.75 bits per heavy atom. The maximum Gasteiger partial charge on any atom is 0.410 e. The molecule has 8 heteroatoms. The van der Waals surface area contributed by atoms with Gasteiger partial charge in [0, 0.05) is 36.4 Å². The van der Waals surface area contributed by atoms with Crippen LogP contribution in [0.5, 0.6) is 0 Å². The summed E-state index contributed by atoms with van der Waals surface area (Å²) in [4.78, 5) is 22.9. The molecule has 0 spiro atoms. The van der Waals surface area contributed by atoms with Crippen molar-refractivity contribution in [2.45, 2.75) is 51.8 Å². The van der Waals surface area contributed by atoms with Crippen molar-refractivity contribution >= 4 is 22.8 Å². The standard InChI is InChI=1S/C24H30N6O2/c1-24(2,3)32-23(31)29-12-4-5-20(16-29)28-22(25)18-8-6-17(7-9-18)15-30-21-10-11-26-13-19(21)14-27-30/h6-11,13-14,20H,4-5,12,15-16H2,1-3H3,(H2,25,28)/t20-/m1/s1. The molecule has 1 saturated heterocycles. The molecule has 1 aliphatic heterocycles. The zero-order valence-electron chi connectivity index (χ0n) is 18.9. The molecule has 3 heterocycles. The Balaban J connectivity index is 1.40. The lowest BCUT2D eigenvalue weighted by atomic mass is 10.1. The third-order valence-corrected chi connectivity index (χ3v) is 5.39. The van der Waals surface area contributed by atoms with E-state index in [0.29, 0.717) is 25.5 Å². The molecule has 0 saturated carbocycles. The molecular formula is C24H30N6O2. The molecule has 1 aromatic carbocycles. The molecule has 1 amide bonds. The smallest absolute Gasteiger partial charge is 0.410 e. The van der Waals surface area contributed by atoms with Gasteiger partial charge in [-0.15, -0.1) is 0 Å². The van der Waals surface area contributed by atoms with Crippen molar-refractivity contribution in [3.8, 4) is 0 Å². The molecule has 168 valence electrons. The minimum atomic E-state index is -0.507. The van der Waals surface area contributed by atoms with E-state index in [-0.39, 0.29) is 12.1 Å². The Kier molecular flexibility index (Phi) is 6.12. The average molecular weight is 435 g/mol. The number of piperidine rings is 1. The van der Waals surface area contributed by atoms with Crippen LogP contribution < -0.4 is 5.73 Å². The van der Waals surface area contributed by atoms with Crippen LogP contribution in [0.3, 0.4) is 0 Å². The molecule has 2 N–H and O–H groups in total. The quantitative estimate of drug-likeness (QED) is 0.500. The van der Waals surface area contributed by atoms with E-state index in [1.807, 2.05) is 68.2 Å². The van der Waals surface area contributed by atoms with Crippen LogP contribution in [-0.4, -0.2) is 56.3 Å². The summed E-state index contributed by atoms with van der Waals surface area (Å²) in [7, 11) is 0. The highest BCUT2D eigenvalue weighted by atomic mass is 16.6. The highest BCUT2D eigenvalue weighted by Crippen LogP contribution is 2.18. The Bertz CT molecular complexity index is 1110. The summed E-state index contributed by atoms with van der Waals surface area (Å²) in [5, 5.41) is 5.48. The monoisotopic (exact) mass is 434 g/mol. The van der Waals surface area contributed by atoms with E-state index in [1.165, 1.54) is 0 Å². The second-order valence-electron chi connectivity index (χ2n) is 9.17. The number of hydrogen-bond acceptors (Lipinski definition) is 5. The molecule has 1 atom stereocenters. The maximum atomic E-state index is 12.4. The molecule has 0 radical (unpaired) electrons. The lowest BCUT2D eigenvalue weighted by Crippen LogP contribution is -2.44. The lowest BCUT2D eigenvalue weighted by molar-refractivity contribution is 0.0201. The Hall–Kier alpha value is -3.42. The molecule has 0 unspecified atom stereocenters. The zero-order chi connectivity index (χ0) is 22.7. The van der Waals surface area contributed by atoms with Gasteiger partial charge in [-0.2, -0.15) is 5.10 Å². The van der Waals surface area contributed by atoms with E-state index in [9.17, 15) is 4.79 Å². The van der Waals surface area contributed by atoms with E-state index in [1.54, 1.807) is 11.1 Å². The molecule has 1 aliphatic rings. The van der Waals surface area contributed by atoms with Gasteiger partial charge < -0.3 is 15.4 Å². The third-order valence-electron chi connectivity index (χ3n) is 5.39. The number of benzene rings is 1. The fraction of sp³-hybridized carbons (Fsp3) is 0.417. The van der Waals surface area contributed by atoms with E-state index >= 15 is 0 Å². The first-order valence-electron chi connectivity index (χ1n) is 10.9. The highest BCUT2D eigenvalue weighted by molar-refractivity contribution is 5.97. The highest BCUT2D eigenvalue weighted by Gasteiger charge is 2.27. The van der Waals surface area contributed by atoms with Crippen LogP contribution in [0.2, 0.25) is 0 Å². The van der Waals surface area contributed by atoms with Crippen LogP contribution >= 0.6 is 0 Å². The number of likely N-dealkylation sites (tertiary alicyclic amines) is 1. The van der Waals surface area contributed by atoms with Gasteiger partial charge in [-0.25, -0.2) is 4.79 Å². The van der Waals surface area contributed by atoms with Crippen LogP contribution in [0.1, 0.15) is 44.7 Å². The maximum absolute atomic E-state index is 12.4. The van der Waals surface area contributed by atoms with Crippen LogP contribution in [0.4, 0.5) is 4.79 Å². The number of carbonyl (C=O) groups is 1. The van der Waals surface area contributed by atoms with Gasteiger partial charge in [0.25, 0.3) is 0 Å². The van der Waals surface area contributed by atoms with Gasteiger partial charge in [0.05, 0.1) is 24.3 Å². The number of pyridine rings is 1. The molecular weight excluding hydrogens is 404 g/mol. The molecule has 32 heavy (non-hydrogen) atoms. The van der Waals surface area contributed by atoms with Crippen LogP contribution in [-0.2, 0) is 11.3 Å². The molecule has 4 rings (SSSR count). The van der Waals surface area contributed by atoms with Crippen molar-refractivity contribution in [1.82, 2.24) is 19.7 Å². The van der Waals surface area contributed by atoms with Gasteiger partial charge in [-0.05, 0) is 45.2 Å². The van der Waals surface area contributed by atoms with Gasteiger partial charge in [0.2, 0.25) is 0 Å². The number of fused-ring (bicyclic) bond motifs is 1. The van der Waals surface area contributed by atoms with E-state index < -0.39 is 5.60 Å². The van der Waals surface area contributed by atoms with Crippen LogP contribution in [0.15, 0.2) is 53.9 Å². The second kappa shape index (κ2) is 8.98. The van der Waals surface area contributed by atoms with Crippen molar-refractivity contribution in [3.05, 3.63) is 60.0 Å². The molecule has 1 fully saturated rings. The van der Waals surface area contributed by atoms with E-state index in [2.05, 4.69) is 10.1 Å². The van der Waals surface area contributed by atoms with Gasteiger partial charge in [0.15, 0.2) is 0 Å². The summed E-state index contributed by atoms with van der Waals surface area (Å²) in [6, 6.07) is 9.98. The van der Waals surface area contributed by atoms with Crippen molar-refractivity contribution in [2.24, 2.45) is 10.7 Å². The fourth-order valence-corrected chi connectivity index (χ4v) is 3.83. The van der Waals surface area contributed by atoms with Crippen molar-refractivity contribution in [2.75, 3.05) is 13.1 Å². The summed E-state index contributed by atoms with van der Waals surface area (Å²) < 4.78 is 7.45. The molecule has 8 nitrogen and oxygen atoms in total. The number of aliphatic imine (C=N–C) groups is 1. The van der Waals surface area contributed by atoms with Crippen LogP contribution in [0, 0.1) is 0 Å². The minimum absolute atomic E-state index is 0.0278. The topological polar surface area (TPSA) is 98.6 Å². The van der Waals surface area contributed by atoms with Crippen molar-refractivity contribution < 1.29 is 9.53 Å². The van der Waals surface area contributed by atoms with Crippen molar-refractivity contribution in [3.63, 3.8) is 0 Å². The summed E-state index contributed by atoms with van der Waals surface area (Å²) in [6.07, 6.45) is 6.91. The number of aromatic nitrogens is 3. The van der Waals surface area contributed by atoms with Gasteiger partial charge in [0.1, 0.15) is 11.4 Å². The Labute approximate surface area is 188 Å². The predicted molar refractivity (Wildman–Crippen MR) is 125 cm³/mol. The Morgan fingerprint density at radius 2 is 2.00 bits per heavy atom. The predicted octanol–water partition coefficient (Wildman–Crippen LogP) is 3.58. The Morgan fingerprint density at radius 1 is 1.22 bits per heavy atom. The summed E-state index contributed by atoms with van der Waals surface area (Å²) in [5.74, 6) is 0.489. The second-order valence-corrected chi connectivity index (χ2v) is 9.17. The first-order valence-corrected chi connectivity index (χ1v) is 10.9. The first-order chi connectivity index (χ1) is 15.3. The molecule has 0 bridgehead atoms. The summed E-state index contributed by atoms with van der Waals surface area (Å²) in [6.45, 7) is 7.50. The van der Waals surface area contributed by atoms with E-state index in [4.69, 9.17) is 15.5 Å². The van der Waals surface area contributed by atoms with Gasteiger partial charge in [-0.3, -0.25) is 14.7 Å². The zero-order valence-corrected chi connectivity index (χ0v) is 18.9. The number of amides is 1. The normalized spacial score (nSPS) is 17.5. The summed E-state index contributed by atoms with van der Waals surface area (Å²) in [5.41, 5.74) is 8.84. The molecule has 3 aromatic rings. The molecule has 0 aliphatic carbocycles. The van der Waals surface area contributed by atoms with Crippen LogP contribution in [0.25, 0.3) is 10.9 Å². The summed E-state index contributed by atoms with van der Waals surface area (Å²) >= 11 is 0. The van der Waals surface area contributed by atoms with Gasteiger partial charge >= 0.3 is 6.09 Å². The number of amidine groups is 1. The largest absolute Gasteiger partial charge is 0.444 e. The minimum Gasteiger partial charge on any atom is -0.444 e. The van der Waals surface area contributed by atoms with Gasteiger partial charge in [-0.1, -0.05) is 24.3 Å². The number of nitrogens with zero attached hydrogens (tertiary/aromatic N) is 5. The average Bonchev–Trinajstić information content (AvgIpc) is 3.16. The third kappa shape index (κ3) is 5.25. The number of rotatable bonds is 4. The SMILES string of the molecule is CC(C)(C)OC(=O)N1CCC[C@@H](N=C(N)c2ccc(Cn3ncc4cnccc43)cc2)C1. The van der Waals surface area contributed by atoms with Crippen molar-refractivity contribution in [1.29, 1.82) is 0 Å². The number of hydrogen-bond donors (Lipinski definition) is 1. The lowest BCUT2D eigenvalue weighted by Gasteiger charge is -2.32. The fourth-order valence-electron chi connectivity index (χ4n) is 3.83. The number of nitrogens with two attached hydrogens (primary N) is 1. The van der Waals surface area contributed by atoms with E-state index in [0.717, 1.165) is 34.9 Å².